The summed E-state index contributed by atoms with van der Waals surface area (Å²) >= 11 is 8.74. The molecule has 448 valence electrons. The Hall–Kier alpha value is -8.31. The molecule has 20 nitrogen and oxygen atoms in total. The zero-order valence-corrected chi connectivity index (χ0v) is 49.4. The number of carbonyl (C=O) groups excluding carboxylic acids is 8. The summed E-state index contributed by atoms with van der Waals surface area (Å²) in [4.78, 5) is 120. The number of benzene rings is 5. The van der Waals surface area contributed by atoms with Gasteiger partial charge in [-0.1, -0.05) is 123 Å². The summed E-state index contributed by atoms with van der Waals surface area (Å²) < 4.78 is 0. The van der Waals surface area contributed by atoms with Crippen molar-refractivity contribution >= 4 is 105 Å². The lowest BCUT2D eigenvalue weighted by Gasteiger charge is -2.28. The number of carbonyl (C=O) groups is 8. The summed E-state index contributed by atoms with van der Waals surface area (Å²) in [5.41, 5.74) is 21.6. The second-order valence-corrected chi connectivity index (χ2v) is 22.3. The SMILES string of the molecule is CC(C)C[C@H](NC(=O)[C@H](CCCCN)NC(=O)[C@@H](Cc1c[nH]c2ccccc12)NC(=O)[C@H](Cc1cccnc1)NC(=O)[C@@H](CS)NC(=O)[C@@H](N)Cc1ccc2ccccc2c1)C(=O)N[C@@H](CS)C(=O)N[C@@H](Cc1ccc2ccccc2c1)C(N)=O. The first-order valence-corrected chi connectivity index (χ1v) is 29.7. The number of thiol groups is 2. The Balaban J connectivity index is 1.08. The van der Waals surface area contributed by atoms with Crippen molar-refractivity contribution < 1.29 is 38.4 Å². The fourth-order valence-corrected chi connectivity index (χ4v) is 10.5. The number of nitrogens with two attached hydrogens (primary N) is 3. The van der Waals surface area contributed by atoms with Gasteiger partial charge in [-0.3, -0.25) is 43.3 Å². The summed E-state index contributed by atoms with van der Waals surface area (Å²) in [6.45, 7) is 3.98. The maximum atomic E-state index is 14.9. The molecule has 0 fully saturated rings. The number of aromatic amines is 1. The predicted octanol–water partition coefficient (Wildman–Crippen LogP) is 3.38. The van der Waals surface area contributed by atoms with E-state index in [4.69, 9.17) is 17.2 Å². The molecule has 22 heteroatoms. The smallest absolute Gasteiger partial charge is 0.244 e. The zero-order chi connectivity index (χ0) is 61.0. The van der Waals surface area contributed by atoms with E-state index in [2.05, 4.69) is 72.4 Å². The van der Waals surface area contributed by atoms with Gasteiger partial charge in [0, 0.05) is 60.3 Å². The van der Waals surface area contributed by atoms with Gasteiger partial charge >= 0.3 is 0 Å². The molecule has 0 bridgehead atoms. The minimum absolute atomic E-state index is 0.0777. The first kappa shape index (κ1) is 64.3. The molecular formula is C63H76N12O8S2. The molecular weight excluding hydrogens is 1120 g/mol. The number of nitrogens with one attached hydrogen (secondary N) is 8. The van der Waals surface area contributed by atoms with Gasteiger partial charge in [-0.05, 0) is 100 Å². The molecule has 2 aromatic heterocycles. The quantitative estimate of drug-likeness (QED) is 0.0221. The fraction of sp³-hybridized carbons (Fsp3) is 0.349. The number of rotatable bonds is 31. The van der Waals surface area contributed by atoms with Crippen LogP contribution in [0.5, 0.6) is 0 Å². The van der Waals surface area contributed by atoms with Gasteiger partial charge in [0.05, 0.1) is 6.04 Å². The van der Waals surface area contributed by atoms with E-state index in [1.807, 2.05) is 123 Å². The van der Waals surface area contributed by atoms with E-state index >= 15 is 0 Å². The van der Waals surface area contributed by atoms with Gasteiger partial charge in [0.25, 0.3) is 0 Å². The lowest BCUT2D eigenvalue weighted by atomic mass is 10.00. The second kappa shape index (κ2) is 31.5. The highest BCUT2D eigenvalue weighted by atomic mass is 32.1. The molecule has 2 heterocycles. The van der Waals surface area contributed by atoms with Crippen LogP contribution in [0.1, 0.15) is 61.8 Å². The van der Waals surface area contributed by atoms with Crippen molar-refractivity contribution in [3.63, 3.8) is 0 Å². The number of nitrogens with zero attached hydrogens (tertiary/aromatic N) is 1. The Morgan fingerprint density at radius 3 is 1.56 bits per heavy atom. The molecule has 0 aliphatic carbocycles. The number of fused-ring (bicyclic) bond motifs is 3. The number of hydrogen-bond acceptors (Lipinski definition) is 13. The monoisotopic (exact) mass is 1190 g/mol. The van der Waals surface area contributed by atoms with E-state index in [1.54, 1.807) is 24.5 Å². The summed E-state index contributed by atoms with van der Waals surface area (Å²) in [6, 6.07) is 27.9. The summed E-state index contributed by atoms with van der Waals surface area (Å²) in [6.07, 6.45) is 5.96. The molecule has 5 aromatic carbocycles. The maximum Gasteiger partial charge on any atom is 0.244 e. The highest BCUT2D eigenvalue weighted by molar-refractivity contribution is 7.80. The number of para-hydroxylation sites is 1. The van der Waals surface area contributed by atoms with Crippen molar-refractivity contribution in [3.8, 4) is 0 Å². The van der Waals surface area contributed by atoms with Crippen molar-refractivity contribution in [2.24, 2.45) is 23.1 Å². The third kappa shape index (κ3) is 18.6. The number of amides is 8. The van der Waals surface area contributed by atoms with Gasteiger partial charge in [-0.15, -0.1) is 0 Å². The Bertz CT molecular complexity index is 3460. The molecule has 14 N–H and O–H groups in total. The van der Waals surface area contributed by atoms with Crippen molar-refractivity contribution in [3.05, 3.63) is 162 Å². The topological polar surface area (TPSA) is 328 Å². The molecule has 0 radical (unpaired) electrons. The van der Waals surface area contributed by atoms with Crippen LogP contribution in [-0.4, -0.2) is 124 Å². The highest BCUT2D eigenvalue weighted by Crippen LogP contribution is 2.22. The molecule has 85 heavy (non-hydrogen) atoms. The van der Waals surface area contributed by atoms with E-state index in [9.17, 15) is 38.4 Å². The Morgan fingerprint density at radius 2 is 0.988 bits per heavy atom. The van der Waals surface area contributed by atoms with Gasteiger partial charge in [0.15, 0.2) is 0 Å². The van der Waals surface area contributed by atoms with Crippen molar-refractivity contribution in [1.29, 1.82) is 0 Å². The number of H-pyrrole nitrogens is 1. The minimum atomic E-state index is -1.37. The van der Waals surface area contributed by atoms with Gasteiger partial charge in [0.1, 0.15) is 42.3 Å². The zero-order valence-electron chi connectivity index (χ0n) is 47.6. The molecule has 8 atom stereocenters. The van der Waals surface area contributed by atoms with Gasteiger partial charge in [0.2, 0.25) is 47.3 Å². The average Bonchev–Trinajstić information content (AvgIpc) is 3.60. The Morgan fingerprint density at radius 1 is 0.506 bits per heavy atom. The average molecular weight is 1190 g/mol. The fourth-order valence-electron chi connectivity index (χ4n) is 10.00. The molecule has 0 aliphatic rings. The van der Waals surface area contributed by atoms with E-state index in [1.165, 1.54) is 6.20 Å². The maximum absolute atomic E-state index is 14.9. The lowest BCUT2D eigenvalue weighted by Crippen LogP contribution is -2.61. The van der Waals surface area contributed by atoms with E-state index < -0.39 is 95.6 Å². The normalized spacial score (nSPS) is 14.2. The van der Waals surface area contributed by atoms with Crippen LogP contribution in [-0.2, 0) is 64.0 Å². The largest absolute Gasteiger partial charge is 0.368 e. The standard InChI is InChI=1S/C63H76N12O8S2/c1-37(2)26-51(59(79)75-55(36-85)62(82)70-50(56(66)76)30-39-21-23-42-14-4-6-16-44(42)28-39)71-58(78)49(19-9-10-24-64)69-61(81)53(32-45-34-68-48-18-8-7-17-46(45)48)73-60(80)52(31-40-12-11-25-67-33-40)72-63(83)54(35-84)74-57(77)47(65)29-38-20-22-41-13-3-5-15-43(41)27-38/h3-8,11-18,20-23,25,27-28,33-34,37,47,49-55,68,84-85H,9-10,19,24,26,29-32,35-36,64-65H2,1-2H3,(H2,66,76)(H,69,81)(H,70,82)(H,71,78)(H,72,83)(H,73,80)(H,74,77)(H,75,79)/t47-,49-,50-,51-,52-,53+,54+,55-/m0/s1. The predicted molar refractivity (Wildman–Crippen MR) is 336 cm³/mol. The molecule has 8 amide bonds. The van der Waals surface area contributed by atoms with Crippen LogP contribution in [0.2, 0.25) is 0 Å². The van der Waals surface area contributed by atoms with Crippen LogP contribution in [0.25, 0.3) is 32.4 Å². The number of unbranched alkanes of at least 4 members (excludes halogenated alkanes) is 1. The number of hydrogen-bond donors (Lipinski definition) is 13. The van der Waals surface area contributed by atoms with Crippen molar-refractivity contribution in [2.45, 2.75) is 114 Å². The minimum Gasteiger partial charge on any atom is -0.368 e. The molecule has 0 aliphatic heterocycles. The van der Waals surface area contributed by atoms with E-state index in [0.29, 0.717) is 24.0 Å². The van der Waals surface area contributed by atoms with Crippen LogP contribution in [0.3, 0.4) is 0 Å². The van der Waals surface area contributed by atoms with Gasteiger partial charge in [-0.25, -0.2) is 0 Å². The summed E-state index contributed by atoms with van der Waals surface area (Å²) in [5.74, 6) is -6.32. The van der Waals surface area contributed by atoms with E-state index in [0.717, 1.165) is 43.6 Å². The molecule has 0 saturated carbocycles. The number of primary amides is 1. The molecule has 0 unspecified atom stereocenters. The van der Waals surface area contributed by atoms with Crippen molar-refractivity contribution in [1.82, 2.24) is 47.2 Å². The molecule has 7 rings (SSSR count). The molecule has 7 aromatic rings. The third-order valence-corrected chi connectivity index (χ3v) is 15.3. The highest BCUT2D eigenvalue weighted by Gasteiger charge is 2.35. The van der Waals surface area contributed by atoms with Crippen LogP contribution in [0, 0.1) is 5.92 Å². The van der Waals surface area contributed by atoms with Crippen LogP contribution in [0.4, 0.5) is 0 Å². The number of pyridine rings is 1. The van der Waals surface area contributed by atoms with Crippen LogP contribution < -0.4 is 54.4 Å². The second-order valence-electron chi connectivity index (χ2n) is 21.6. The molecule has 0 saturated heterocycles. The Labute approximate surface area is 504 Å². The first-order chi connectivity index (χ1) is 40.9. The van der Waals surface area contributed by atoms with Crippen molar-refractivity contribution in [2.75, 3.05) is 18.1 Å². The Kier molecular flexibility index (Phi) is 23.8. The lowest BCUT2D eigenvalue weighted by molar-refractivity contribution is -0.135. The van der Waals surface area contributed by atoms with Crippen LogP contribution in [0.15, 0.2) is 140 Å². The van der Waals surface area contributed by atoms with Crippen LogP contribution >= 0.6 is 25.3 Å². The first-order valence-electron chi connectivity index (χ1n) is 28.4. The number of aromatic nitrogens is 2. The van der Waals surface area contributed by atoms with Gasteiger partial charge < -0.3 is 59.4 Å². The summed E-state index contributed by atoms with van der Waals surface area (Å²) in [7, 11) is 0. The molecule has 0 spiro atoms. The summed E-state index contributed by atoms with van der Waals surface area (Å²) in [5, 5.41) is 24.1. The van der Waals surface area contributed by atoms with Gasteiger partial charge in [-0.2, -0.15) is 25.3 Å². The third-order valence-electron chi connectivity index (χ3n) is 14.6. The van der Waals surface area contributed by atoms with E-state index in [-0.39, 0.29) is 62.5 Å².